The maximum Gasteiger partial charge on any atom is 0.0454 e. The van der Waals surface area contributed by atoms with Crippen LogP contribution in [0.3, 0.4) is 0 Å². The zero-order chi connectivity index (χ0) is 14.4. The molecule has 0 aliphatic heterocycles. The van der Waals surface area contributed by atoms with Crippen molar-refractivity contribution in [1.29, 1.82) is 0 Å². The molecule has 1 unspecified atom stereocenters. The number of thioether (sulfide) groups is 1. The molecule has 1 nitrogen and oxygen atoms in total. The number of halogens is 1. The van der Waals surface area contributed by atoms with Crippen LogP contribution in [0.2, 0.25) is 5.02 Å². The minimum Gasteiger partial charge on any atom is -0.309 e. The summed E-state index contributed by atoms with van der Waals surface area (Å²) in [4.78, 5) is 1.34. The Labute approximate surface area is 130 Å². The van der Waals surface area contributed by atoms with Crippen molar-refractivity contribution in [3.8, 4) is 0 Å². The van der Waals surface area contributed by atoms with Crippen molar-refractivity contribution in [2.24, 2.45) is 0 Å². The molecular weight excluding hydrogens is 286 g/mol. The van der Waals surface area contributed by atoms with Crippen LogP contribution in [0.25, 0.3) is 0 Å². The van der Waals surface area contributed by atoms with Crippen molar-refractivity contribution in [3.63, 3.8) is 0 Å². The summed E-state index contributed by atoms with van der Waals surface area (Å²) in [6.45, 7) is 5.21. The fourth-order valence-corrected chi connectivity index (χ4v) is 3.54. The first-order valence-electron chi connectivity index (χ1n) is 6.88. The molecule has 0 spiro atoms. The topological polar surface area (TPSA) is 12.0 Å². The van der Waals surface area contributed by atoms with E-state index in [1.165, 1.54) is 16.0 Å². The van der Waals surface area contributed by atoms with Gasteiger partial charge in [0, 0.05) is 21.7 Å². The summed E-state index contributed by atoms with van der Waals surface area (Å²) >= 11 is 8.20. The molecule has 3 heteroatoms. The lowest BCUT2D eigenvalue weighted by Gasteiger charge is -2.19. The van der Waals surface area contributed by atoms with Crippen LogP contribution in [-0.2, 0) is 0 Å². The molecule has 0 aromatic heterocycles. The van der Waals surface area contributed by atoms with Gasteiger partial charge >= 0.3 is 0 Å². The summed E-state index contributed by atoms with van der Waals surface area (Å²) in [6.07, 6.45) is 0. The Kier molecular flexibility index (Phi) is 5.96. The van der Waals surface area contributed by atoms with Crippen molar-refractivity contribution in [3.05, 3.63) is 64.7 Å². The van der Waals surface area contributed by atoms with E-state index in [2.05, 4.69) is 49.5 Å². The molecular formula is C17H20ClNS. The number of rotatable bonds is 6. The largest absolute Gasteiger partial charge is 0.309 e. The van der Waals surface area contributed by atoms with Crippen LogP contribution >= 0.6 is 23.4 Å². The van der Waals surface area contributed by atoms with Gasteiger partial charge in [0.05, 0.1) is 0 Å². The van der Waals surface area contributed by atoms with Gasteiger partial charge in [-0.25, -0.2) is 0 Å². The lowest BCUT2D eigenvalue weighted by molar-refractivity contribution is 0.606. The molecule has 0 saturated carbocycles. The lowest BCUT2D eigenvalue weighted by atomic mass is 10.1. The van der Waals surface area contributed by atoms with Crippen molar-refractivity contribution >= 4 is 23.4 Å². The highest BCUT2D eigenvalue weighted by Crippen LogP contribution is 2.30. The highest BCUT2D eigenvalue weighted by atomic mass is 35.5. The van der Waals surface area contributed by atoms with Gasteiger partial charge in [-0.05, 0) is 36.7 Å². The average molecular weight is 306 g/mol. The zero-order valence-corrected chi connectivity index (χ0v) is 13.5. The summed E-state index contributed by atoms with van der Waals surface area (Å²) < 4.78 is 0. The minimum atomic E-state index is 0.276. The van der Waals surface area contributed by atoms with Gasteiger partial charge in [0.25, 0.3) is 0 Å². The van der Waals surface area contributed by atoms with Gasteiger partial charge in [-0.3, -0.25) is 0 Å². The van der Waals surface area contributed by atoms with Gasteiger partial charge in [-0.2, -0.15) is 0 Å². The third-order valence-electron chi connectivity index (χ3n) is 3.23. The van der Waals surface area contributed by atoms with E-state index in [1.54, 1.807) is 0 Å². The molecule has 0 bridgehead atoms. The molecule has 2 aromatic carbocycles. The van der Waals surface area contributed by atoms with Crippen LogP contribution < -0.4 is 5.32 Å². The standard InChI is InChI=1S/C17H20ClNS/c1-3-19-16(14-9-5-6-10-15(14)18)12-20-17-11-7-4-8-13(17)2/h4-11,16,19H,3,12H2,1-2H3. The van der Waals surface area contributed by atoms with E-state index in [-0.39, 0.29) is 6.04 Å². The van der Waals surface area contributed by atoms with Crippen molar-refractivity contribution in [1.82, 2.24) is 5.32 Å². The SMILES string of the molecule is CCNC(CSc1ccccc1C)c1ccccc1Cl. The fourth-order valence-electron chi connectivity index (χ4n) is 2.15. The van der Waals surface area contributed by atoms with E-state index in [4.69, 9.17) is 11.6 Å². The Bertz CT molecular complexity index is 556. The van der Waals surface area contributed by atoms with Gasteiger partial charge < -0.3 is 5.32 Å². The molecule has 0 radical (unpaired) electrons. The van der Waals surface area contributed by atoms with E-state index in [1.807, 2.05) is 30.0 Å². The first-order valence-corrected chi connectivity index (χ1v) is 8.25. The van der Waals surface area contributed by atoms with Crippen molar-refractivity contribution in [2.45, 2.75) is 24.8 Å². The Morgan fingerprint density at radius 3 is 2.50 bits per heavy atom. The maximum absolute atomic E-state index is 6.32. The Hall–Kier alpha value is -0.960. The average Bonchev–Trinajstić information content (AvgIpc) is 2.46. The van der Waals surface area contributed by atoms with E-state index < -0.39 is 0 Å². The maximum atomic E-state index is 6.32. The number of aryl methyl sites for hydroxylation is 1. The molecule has 0 aliphatic carbocycles. The van der Waals surface area contributed by atoms with Gasteiger partial charge in [-0.1, -0.05) is 54.9 Å². The molecule has 1 N–H and O–H groups in total. The number of benzene rings is 2. The second-order valence-electron chi connectivity index (χ2n) is 4.71. The van der Waals surface area contributed by atoms with E-state index in [0.29, 0.717) is 0 Å². The molecule has 0 fully saturated rings. The predicted octanol–water partition coefficient (Wildman–Crippen LogP) is 5.09. The minimum absolute atomic E-state index is 0.276. The summed E-state index contributed by atoms with van der Waals surface area (Å²) in [5.74, 6) is 0.975. The van der Waals surface area contributed by atoms with Crippen molar-refractivity contribution < 1.29 is 0 Å². The van der Waals surface area contributed by atoms with Crippen LogP contribution in [0, 0.1) is 6.92 Å². The number of hydrogen-bond acceptors (Lipinski definition) is 2. The summed E-state index contributed by atoms with van der Waals surface area (Å²) in [5.41, 5.74) is 2.50. The molecule has 0 saturated heterocycles. The second kappa shape index (κ2) is 7.72. The van der Waals surface area contributed by atoms with Crippen LogP contribution in [0.15, 0.2) is 53.4 Å². The lowest BCUT2D eigenvalue weighted by Crippen LogP contribution is -2.23. The molecule has 0 heterocycles. The highest BCUT2D eigenvalue weighted by Gasteiger charge is 2.14. The first-order chi connectivity index (χ1) is 9.72. The van der Waals surface area contributed by atoms with Crippen molar-refractivity contribution in [2.75, 3.05) is 12.3 Å². The summed E-state index contributed by atoms with van der Waals surface area (Å²) in [6, 6.07) is 16.9. The summed E-state index contributed by atoms with van der Waals surface area (Å²) in [5, 5.41) is 4.36. The van der Waals surface area contributed by atoms with Crippen LogP contribution in [0.5, 0.6) is 0 Å². The van der Waals surface area contributed by atoms with E-state index >= 15 is 0 Å². The van der Waals surface area contributed by atoms with Crippen LogP contribution in [0.4, 0.5) is 0 Å². The monoisotopic (exact) mass is 305 g/mol. The molecule has 0 aliphatic rings. The fraction of sp³-hybridized carbons (Fsp3) is 0.294. The zero-order valence-electron chi connectivity index (χ0n) is 11.9. The number of hydrogen-bond donors (Lipinski definition) is 1. The normalized spacial score (nSPS) is 12.3. The quantitative estimate of drug-likeness (QED) is 0.746. The third-order valence-corrected chi connectivity index (χ3v) is 4.84. The summed E-state index contributed by atoms with van der Waals surface area (Å²) in [7, 11) is 0. The Balaban J connectivity index is 2.11. The first kappa shape index (κ1) is 15.4. The molecule has 20 heavy (non-hydrogen) atoms. The van der Waals surface area contributed by atoms with Gasteiger partial charge in [0.2, 0.25) is 0 Å². The van der Waals surface area contributed by atoms with Crippen LogP contribution in [-0.4, -0.2) is 12.3 Å². The van der Waals surface area contributed by atoms with E-state index in [9.17, 15) is 0 Å². The highest BCUT2D eigenvalue weighted by molar-refractivity contribution is 7.99. The number of nitrogens with one attached hydrogen (secondary N) is 1. The molecule has 1 atom stereocenters. The van der Waals surface area contributed by atoms with Gasteiger partial charge in [-0.15, -0.1) is 11.8 Å². The van der Waals surface area contributed by atoms with Gasteiger partial charge in [0.15, 0.2) is 0 Å². The molecule has 2 rings (SSSR count). The second-order valence-corrected chi connectivity index (χ2v) is 6.18. The molecule has 106 valence electrons. The smallest absolute Gasteiger partial charge is 0.0454 e. The predicted molar refractivity (Wildman–Crippen MR) is 89.8 cm³/mol. The Morgan fingerprint density at radius 2 is 1.80 bits per heavy atom. The van der Waals surface area contributed by atoms with Crippen LogP contribution in [0.1, 0.15) is 24.1 Å². The Morgan fingerprint density at radius 1 is 1.10 bits per heavy atom. The third kappa shape index (κ3) is 4.02. The van der Waals surface area contributed by atoms with Gasteiger partial charge in [0.1, 0.15) is 0 Å². The van der Waals surface area contributed by atoms with E-state index in [0.717, 1.165) is 17.3 Å². The molecule has 0 amide bonds. The molecule has 2 aromatic rings.